The Hall–Kier alpha value is -2.57. The Morgan fingerprint density at radius 2 is 1.58 bits per heavy atom. The van der Waals surface area contributed by atoms with Crippen LogP contribution in [0.15, 0.2) is 18.2 Å². The highest BCUT2D eigenvalue weighted by molar-refractivity contribution is 5.92. The van der Waals surface area contributed by atoms with Gasteiger partial charge in [0.05, 0.1) is 0 Å². The molecule has 0 spiro atoms. The number of alkyl carbamates (subject to hydrolysis) is 1. The number of hydrogen-bond donors (Lipinski definition) is 2. The molecule has 1 aromatic rings. The molecule has 0 fully saturated rings. The van der Waals surface area contributed by atoms with Gasteiger partial charge in [-0.2, -0.15) is 0 Å². The highest BCUT2D eigenvalue weighted by Gasteiger charge is 2.36. The van der Waals surface area contributed by atoms with Gasteiger partial charge in [0, 0.05) is 13.1 Å². The average Bonchev–Trinajstić information content (AvgIpc) is 2.59. The van der Waals surface area contributed by atoms with Gasteiger partial charge in [-0.15, -0.1) is 0 Å². The van der Waals surface area contributed by atoms with E-state index in [9.17, 15) is 14.4 Å². The molecule has 0 heterocycles. The molecule has 2 unspecified atom stereocenters. The molecule has 2 atom stereocenters. The standard InChI is InChI=1S/C24H39N3O4/c1-14(2)19(26-23(30)31-24(7,8)9)22(29)27(10)20(21(28)25-15(3)4)18-13-16(5)11-12-17(18)6/h11-15,19-20H,1-10H3,(H,25,28)(H,26,30). The number of nitrogens with one attached hydrogen (secondary N) is 2. The maximum absolute atomic E-state index is 13.5. The Morgan fingerprint density at radius 1 is 1.00 bits per heavy atom. The first-order valence-corrected chi connectivity index (χ1v) is 10.8. The lowest BCUT2D eigenvalue weighted by Gasteiger charge is -2.34. The second-order valence-corrected chi connectivity index (χ2v) is 9.74. The number of rotatable bonds is 7. The van der Waals surface area contributed by atoms with E-state index in [-0.39, 0.29) is 23.8 Å². The van der Waals surface area contributed by atoms with Crippen molar-refractivity contribution in [1.82, 2.24) is 15.5 Å². The maximum Gasteiger partial charge on any atom is 0.408 e. The summed E-state index contributed by atoms with van der Waals surface area (Å²) in [7, 11) is 1.60. The van der Waals surface area contributed by atoms with Crippen molar-refractivity contribution in [3.63, 3.8) is 0 Å². The predicted molar refractivity (Wildman–Crippen MR) is 123 cm³/mol. The molecule has 174 valence electrons. The van der Waals surface area contributed by atoms with Crippen LogP contribution in [0.25, 0.3) is 0 Å². The normalized spacial score (nSPS) is 13.5. The van der Waals surface area contributed by atoms with E-state index in [4.69, 9.17) is 4.74 Å². The Bertz CT molecular complexity index is 797. The molecule has 0 saturated heterocycles. The van der Waals surface area contributed by atoms with Gasteiger partial charge >= 0.3 is 6.09 Å². The number of nitrogens with zero attached hydrogens (tertiary/aromatic N) is 1. The molecule has 0 aromatic heterocycles. The molecule has 1 aromatic carbocycles. The zero-order chi connectivity index (χ0) is 24.1. The fourth-order valence-electron chi connectivity index (χ4n) is 3.24. The van der Waals surface area contributed by atoms with E-state index in [1.807, 2.05) is 59.7 Å². The summed E-state index contributed by atoms with van der Waals surface area (Å²) in [6.07, 6.45) is -0.664. The number of benzene rings is 1. The van der Waals surface area contributed by atoms with E-state index in [1.165, 1.54) is 4.90 Å². The zero-order valence-corrected chi connectivity index (χ0v) is 20.6. The van der Waals surface area contributed by atoms with Crippen molar-refractivity contribution in [3.05, 3.63) is 34.9 Å². The minimum atomic E-state index is -0.834. The lowest BCUT2D eigenvalue weighted by atomic mass is 9.95. The summed E-state index contributed by atoms with van der Waals surface area (Å²) in [4.78, 5) is 40.4. The summed E-state index contributed by atoms with van der Waals surface area (Å²) in [6.45, 7) is 16.6. The Morgan fingerprint density at radius 3 is 2.06 bits per heavy atom. The van der Waals surface area contributed by atoms with Crippen molar-refractivity contribution >= 4 is 17.9 Å². The smallest absolute Gasteiger partial charge is 0.408 e. The molecular weight excluding hydrogens is 394 g/mol. The number of carbonyl (C=O) groups is 3. The first-order chi connectivity index (χ1) is 14.1. The van der Waals surface area contributed by atoms with Crippen LogP contribution in [0, 0.1) is 19.8 Å². The van der Waals surface area contributed by atoms with Crippen molar-refractivity contribution in [2.45, 2.75) is 86.0 Å². The summed E-state index contributed by atoms with van der Waals surface area (Å²) < 4.78 is 5.33. The summed E-state index contributed by atoms with van der Waals surface area (Å²) in [5.74, 6) is -0.820. The van der Waals surface area contributed by atoms with E-state index < -0.39 is 23.8 Å². The van der Waals surface area contributed by atoms with Crippen molar-refractivity contribution < 1.29 is 19.1 Å². The van der Waals surface area contributed by atoms with Crippen molar-refractivity contribution in [2.75, 3.05) is 7.05 Å². The van der Waals surface area contributed by atoms with Gasteiger partial charge in [0.1, 0.15) is 17.7 Å². The zero-order valence-electron chi connectivity index (χ0n) is 20.6. The molecule has 7 heteroatoms. The topological polar surface area (TPSA) is 87.7 Å². The van der Waals surface area contributed by atoms with Gasteiger partial charge in [0.2, 0.25) is 11.8 Å². The van der Waals surface area contributed by atoms with Crippen LogP contribution >= 0.6 is 0 Å². The van der Waals surface area contributed by atoms with Gasteiger partial charge in [-0.05, 0) is 65.5 Å². The third-order valence-corrected chi connectivity index (χ3v) is 4.75. The Balaban J connectivity index is 3.30. The van der Waals surface area contributed by atoms with Crippen LogP contribution in [0.3, 0.4) is 0 Å². The maximum atomic E-state index is 13.5. The first-order valence-electron chi connectivity index (χ1n) is 10.8. The summed E-state index contributed by atoms with van der Waals surface area (Å²) in [6, 6.07) is 4.10. The molecule has 0 saturated carbocycles. The van der Waals surface area contributed by atoms with E-state index in [0.717, 1.165) is 16.7 Å². The molecule has 0 aliphatic carbocycles. The van der Waals surface area contributed by atoms with E-state index in [0.29, 0.717) is 0 Å². The van der Waals surface area contributed by atoms with Gasteiger partial charge in [0.15, 0.2) is 0 Å². The average molecular weight is 434 g/mol. The third-order valence-electron chi connectivity index (χ3n) is 4.75. The minimum Gasteiger partial charge on any atom is -0.444 e. The third kappa shape index (κ3) is 7.89. The van der Waals surface area contributed by atoms with Gasteiger partial charge in [0.25, 0.3) is 0 Å². The summed E-state index contributed by atoms with van der Waals surface area (Å²) >= 11 is 0. The van der Waals surface area contributed by atoms with Crippen molar-refractivity contribution in [1.29, 1.82) is 0 Å². The molecular formula is C24H39N3O4. The van der Waals surface area contributed by atoms with Crippen LogP contribution in [0.2, 0.25) is 0 Å². The summed E-state index contributed by atoms with van der Waals surface area (Å²) in [5.41, 5.74) is 1.99. The quantitative estimate of drug-likeness (QED) is 0.683. The molecule has 7 nitrogen and oxygen atoms in total. The molecule has 0 radical (unpaired) electrons. The van der Waals surface area contributed by atoms with Crippen LogP contribution in [0.4, 0.5) is 4.79 Å². The van der Waals surface area contributed by atoms with Crippen molar-refractivity contribution in [2.24, 2.45) is 5.92 Å². The molecule has 0 bridgehead atoms. The second kappa shape index (κ2) is 10.6. The SMILES string of the molecule is Cc1ccc(C)c(C(C(=O)NC(C)C)N(C)C(=O)C(NC(=O)OC(C)(C)C)C(C)C)c1. The highest BCUT2D eigenvalue weighted by atomic mass is 16.6. The van der Waals surface area contributed by atoms with E-state index in [1.54, 1.807) is 27.8 Å². The van der Waals surface area contributed by atoms with E-state index >= 15 is 0 Å². The van der Waals surface area contributed by atoms with Gasteiger partial charge in [-0.1, -0.05) is 37.6 Å². The lowest BCUT2D eigenvalue weighted by molar-refractivity contribution is -0.141. The van der Waals surface area contributed by atoms with Gasteiger partial charge in [-0.25, -0.2) is 4.79 Å². The Kier molecular flexibility index (Phi) is 9.09. The van der Waals surface area contributed by atoms with Gasteiger partial charge < -0.3 is 20.3 Å². The molecule has 1 rings (SSSR count). The molecule has 3 amide bonds. The molecule has 31 heavy (non-hydrogen) atoms. The second-order valence-electron chi connectivity index (χ2n) is 9.74. The van der Waals surface area contributed by atoms with Crippen LogP contribution in [0.1, 0.15) is 71.2 Å². The first kappa shape index (κ1) is 26.5. The van der Waals surface area contributed by atoms with Crippen LogP contribution in [-0.2, 0) is 14.3 Å². The summed E-state index contributed by atoms with van der Waals surface area (Å²) in [5, 5.41) is 5.60. The highest BCUT2D eigenvalue weighted by Crippen LogP contribution is 2.26. The minimum absolute atomic E-state index is 0.0793. The van der Waals surface area contributed by atoms with Gasteiger partial charge in [-0.3, -0.25) is 9.59 Å². The largest absolute Gasteiger partial charge is 0.444 e. The number of likely N-dealkylation sites (N-methyl/N-ethyl adjacent to an activating group) is 1. The molecule has 0 aliphatic heterocycles. The number of aryl methyl sites for hydroxylation is 2. The van der Waals surface area contributed by atoms with E-state index in [2.05, 4.69) is 10.6 Å². The number of carbonyl (C=O) groups excluding carboxylic acids is 3. The monoisotopic (exact) mass is 433 g/mol. The van der Waals surface area contributed by atoms with Crippen LogP contribution in [0.5, 0.6) is 0 Å². The van der Waals surface area contributed by atoms with Crippen LogP contribution < -0.4 is 10.6 Å². The number of amides is 3. The molecule has 0 aliphatic rings. The fraction of sp³-hybridized carbons (Fsp3) is 0.625. The number of ether oxygens (including phenoxy) is 1. The Labute approximate surface area is 186 Å². The predicted octanol–water partition coefficient (Wildman–Crippen LogP) is 3.88. The molecule has 2 N–H and O–H groups in total. The number of hydrogen-bond acceptors (Lipinski definition) is 4. The lowest BCUT2D eigenvalue weighted by Crippen LogP contribution is -2.54. The van der Waals surface area contributed by atoms with Crippen LogP contribution in [-0.4, -0.2) is 47.5 Å². The fourth-order valence-corrected chi connectivity index (χ4v) is 3.24. The van der Waals surface area contributed by atoms with Crippen molar-refractivity contribution in [3.8, 4) is 0 Å².